The summed E-state index contributed by atoms with van der Waals surface area (Å²) in [7, 11) is 0. The van der Waals surface area contributed by atoms with Crippen molar-refractivity contribution < 1.29 is 14.3 Å². The Morgan fingerprint density at radius 3 is 2.61 bits per heavy atom. The molecule has 1 aromatic heterocycles. The summed E-state index contributed by atoms with van der Waals surface area (Å²) in [4.78, 5) is 25.0. The third-order valence-electron chi connectivity index (χ3n) is 3.86. The molecule has 1 amide bonds. The highest BCUT2D eigenvalue weighted by molar-refractivity contribution is 6.30. The van der Waals surface area contributed by atoms with Crippen LogP contribution in [0.15, 0.2) is 42.5 Å². The molecular weight excluding hydrogens is 382 g/mol. The van der Waals surface area contributed by atoms with Gasteiger partial charge in [-0.1, -0.05) is 41.4 Å². The maximum absolute atomic E-state index is 12.0. The van der Waals surface area contributed by atoms with Crippen LogP contribution in [0.4, 0.5) is 5.69 Å². The number of tetrazole rings is 1. The van der Waals surface area contributed by atoms with Gasteiger partial charge in [-0.15, -0.1) is 10.2 Å². The number of anilines is 1. The van der Waals surface area contributed by atoms with Gasteiger partial charge in [0.15, 0.2) is 13.2 Å². The fraction of sp³-hybridized carbons (Fsp3) is 0.211. The number of nitrogens with zero attached hydrogens (tertiary/aromatic N) is 4. The van der Waals surface area contributed by atoms with Gasteiger partial charge in [0.2, 0.25) is 5.82 Å². The summed E-state index contributed by atoms with van der Waals surface area (Å²) in [5, 5.41) is 15.1. The average Bonchev–Trinajstić information content (AvgIpc) is 3.11. The van der Waals surface area contributed by atoms with Crippen LogP contribution in [-0.2, 0) is 20.9 Å². The van der Waals surface area contributed by atoms with Crippen LogP contribution < -0.4 is 5.32 Å². The lowest BCUT2D eigenvalue weighted by Crippen LogP contribution is -2.24. The molecule has 9 heteroatoms. The summed E-state index contributed by atoms with van der Waals surface area (Å²) in [5.41, 5.74) is 3.32. The van der Waals surface area contributed by atoms with Crippen molar-refractivity contribution >= 4 is 29.2 Å². The lowest BCUT2D eigenvalue weighted by molar-refractivity contribution is -0.148. The molecule has 0 spiro atoms. The van der Waals surface area contributed by atoms with Crippen LogP contribution in [0.2, 0.25) is 5.02 Å². The molecule has 1 heterocycles. The number of amides is 1. The first-order chi connectivity index (χ1) is 13.4. The lowest BCUT2D eigenvalue weighted by Gasteiger charge is -2.09. The van der Waals surface area contributed by atoms with E-state index >= 15 is 0 Å². The molecule has 0 aliphatic heterocycles. The SMILES string of the molecule is Cc1ccc(-c2nnn(CC(=O)OCC(=O)Nc3ccc(Cl)cc3C)n2)cc1. The second-order valence-electron chi connectivity index (χ2n) is 6.18. The number of rotatable bonds is 6. The van der Waals surface area contributed by atoms with Crippen molar-refractivity contribution in [3.05, 3.63) is 58.6 Å². The number of ether oxygens (including phenoxy) is 1. The fourth-order valence-electron chi connectivity index (χ4n) is 2.39. The van der Waals surface area contributed by atoms with Crippen molar-refractivity contribution in [1.29, 1.82) is 0 Å². The number of aromatic nitrogens is 4. The Labute approximate surface area is 166 Å². The van der Waals surface area contributed by atoms with E-state index in [1.807, 2.05) is 38.1 Å². The molecule has 0 unspecified atom stereocenters. The molecule has 144 valence electrons. The van der Waals surface area contributed by atoms with E-state index in [0.29, 0.717) is 16.5 Å². The van der Waals surface area contributed by atoms with Crippen LogP contribution in [0.1, 0.15) is 11.1 Å². The molecule has 0 aliphatic rings. The summed E-state index contributed by atoms with van der Waals surface area (Å²) in [6, 6.07) is 12.7. The van der Waals surface area contributed by atoms with Gasteiger partial charge < -0.3 is 10.1 Å². The first-order valence-electron chi connectivity index (χ1n) is 8.47. The molecule has 3 rings (SSSR count). The zero-order valence-corrected chi connectivity index (χ0v) is 16.1. The molecule has 2 aromatic carbocycles. The highest BCUT2D eigenvalue weighted by Gasteiger charge is 2.13. The molecule has 0 aliphatic carbocycles. The molecule has 1 N–H and O–H groups in total. The van der Waals surface area contributed by atoms with Crippen LogP contribution in [-0.4, -0.2) is 38.7 Å². The van der Waals surface area contributed by atoms with Crippen LogP contribution in [0, 0.1) is 13.8 Å². The molecule has 8 nitrogen and oxygen atoms in total. The second-order valence-corrected chi connectivity index (χ2v) is 6.61. The van der Waals surface area contributed by atoms with Crippen molar-refractivity contribution in [2.24, 2.45) is 0 Å². The van der Waals surface area contributed by atoms with E-state index in [0.717, 1.165) is 21.5 Å². The highest BCUT2D eigenvalue weighted by Crippen LogP contribution is 2.19. The molecular formula is C19H18ClN5O3. The van der Waals surface area contributed by atoms with Gasteiger partial charge in [-0.3, -0.25) is 4.79 Å². The van der Waals surface area contributed by atoms with Crippen molar-refractivity contribution in [1.82, 2.24) is 20.2 Å². The first kappa shape index (κ1) is 19.5. The third-order valence-corrected chi connectivity index (χ3v) is 4.10. The minimum Gasteiger partial charge on any atom is -0.454 e. The summed E-state index contributed by atoms with van der Waals surface area (Å²) < 4.78 is 4.97. The predicted molar refractivity (Wildman–Crippen MR) is 104 cm³/mol. The molecule has 0 saturated carbocycles. The number of carbonyl (C=O) groups is 2. The number of nitrogens with one attached hydrogen (secondary N) is 1. The van der Waals surface area contributed by atoms with Crippen LogP contribution in [0.25, 0.3) is 11.4 Å². The quantitative estimate of drug-likeness (QED) is 0.640. The van der Waals surface area contributed by atoms with Gasteiger partial charge in [0.05, 0.1) is 0 Å². The van der Waals surface area contributed by atoms with Gasteiger partial charge in [-0.05, 0) is 42.8 Å². The number of hydrogen-bond acceptors (Lipinski definition) is 6. The number of aryl methyl sites for hydroxylation is 2. The molecule has 0 fully saturated rings. The van der Waals surface area contributed by atoms with Crippen LogP contribution >= 0.6 is 11.6 Å². The van der Waals surface area contributed by atoms with E-state index in [2.05, 4.69) is 20.7 Å². The van der Waals surface area contributed by atoms with Crippen molar-refractivity contribution in [3.8, 4) is 11.4 Å². The number of hydrogen-bond donors (Lipinski definition) is 1. The Balaban J connectivity index is 1.50. The van der Waals surface area contributed by atoms with Gasteiger partial charge in [0.25, 0.3) is 5.91 Å². The van der Waals surface area contributed by atoms with Gasteiger partial charge in [0.1, 0.15) is 0 Å². The largest absolute Gasteiger partial charge is 0.454 e. The van der Waals surface area contributed by atoms with Crippen LogP contribution in [0.3, 0.4) is 0 Å². The zero-order chi connectivity index (χ0) is 20.1. The number of esters is 1. The molecule has 28 heavy (non-hydrogen) atoms. The zero-order valence-electron chi connectivity index (χ0n) is 15.3. The predicted octanol–water partition coefficient (Wildman–Crippen LogP) is 2.79. The highest BCUT2D eigenvalue weighted by atomic mass is 35.5. The van der Waals surface area contributed by atoms with Crippen molar-refractivity contribution in [2.75, 3.05) is 11.9 Å². The number of halogens is 1. The van der Waals surface area contributed by atoms with Gasteiger partial charge in [-0.25, -0.2) is 4.79 Å². The van der Waals surface area contributed by atoms with Gasteiger partial charge in [0, 0.05) is 16.3 Å². The Hall–Kier alpha value is -3.26. The Morgan fingerprint density at radius 2 is 1.89 bits per heavy atom. The maximum atomic E-state index is 12.0. The normalized spacial score (nSPS) is 10.5. The van der Waals surface area contributed by atoms with Crippen molar-refractivity contribution in [2.45, 2.75) is 20.4 Å². The molecule has 3 aromatic rings. The summed E-state index contributed by atoms with van der Waals surface area (Å²) in [6.07, 6.45) is 0. The monoisotopic (exact) mass is 399 g/mol. The summed E-state index contributed by atoms with van der Waals surface area (Å²) in [6.45, 7) is 3.14. The standard InChI is InChI=1S/C19H18ClN5O3/c1-12-3-5-14(6-4-12)19-22-24-25(23-19)10-18(27)28-11-17(26)21-16-8-7-15(20)9-13(16)2/h3-9H,10-11H2,1-2H3,(H,21,26). The Morgan fingerprint density at radius 1 is 1.14 bits per heavy atom. The smallest absolute Gasteiger partial charge is 0.330 e. The van der Waals surface area contributed by atoms with E-state index < -0.39 is 18.5 Å². The van der Waals surface area contributed by atoms with E-state index in [-0.39, 0.29) is 6.54 Å². The number of benzene rings is 2. The van der Waals surface area contributed by atoms with E-state index in [4.69, 9.17) is 16.3 Å². The number of carbonyl (C=O) groups excluding carboxylic acids is 2. The van der Waals surface area contributed by atoms with E-state index in [1.165, 1.54) is 0 Å². The Kier molecular flexibility index (Phi) is 6.00. The topological polar surface area (TPSA) is 99.0 Å². The lowest BCUT2D eigenvalue weighted by atomic mass is 10.1. The van der Waals surface area contributed by atoms with E-state index in [1.54, 1.807) is 18.2 Å². The van der Waals surface area contributed by atoms with Crippen molar-refractivity contribution in [3.63, 3.8) is 0 Å². The maximum Gasteiger partial charge on any atom is 0.330 e. The van der Waals surface area contributed by atoms with Gasteiger partial charge >= 0.3 is 5.97 Å². The summed E-state index contributed by atoms with van der Waals surface area (Å²) in [5.74, 6) is -0.690. The molecule has 0 bridgehead atoms. The molecule has 0 radical (unpaired) electrons. The van der Waals surface area contributed by atoms with Crippen LogP contribution in [0.5, 0.6) is 0 Å². The molecule has 0 atom stereocenters. The minimum absolute atomic E-state index is 0.244. The third kappa shape index (κ3) is 5.14. The summed E-state index contributed by atoms with van der Waals surface area (Å²) >= 11 is 5.88. The minimum atomic E-state index is -0.643. The fourth-order valence-corrected chi connectivity index (χ4v) is 2.62. The average molecular weight is 400 g/mol. The Bertz CT molecular complexity index is 1000. The van der Waals surface area contributed by atoms with Gasteiger partial charge in [-0.2, -0.15) is 4.80 Å². The first-order valence-corrected chi connectivity index (χ1v) is 8.85. The second kappa shape index (κ2) is 8.62. The molecule has 0 saturated heterocycles. The van der Waals surface area contributed by atoms with E-state index in [9.17, 15) is 9.59 Å².